The van der Waals surface area contributed by atoms with E-state index in [1.807, 2.05) is 0 Å². The molecule has 0 aromatic carbocycles. The summed E-state index contributed by atoms with van der Waals surface area (Å²) in [5.41, 5.74) is 0.314. The van der Waals surface area contributed by atoms with Crippen molar-refractivity contribution < 1.29 is 5.11 Å². The van der Waals surface area contributed by atoms with Gasteiger partial charge in [0.25, 0.3) is 0 Å². The first-order chi connectivity index (χ1) is 5.67. The molecule has 3 unspecified atom stereocenters. The van der Waals surface area contributed by atoms with Crippen LogP contribution >= 0.6 is 0 Å². The van der Waals surface area contributed by atoms with Crippen LogP contribution in [0.3, 0.4) is 0 Å². The van der Waals surface area contributed by atoms with Crippen LogP contribution in [0.2, 0.25) is 0 Å². The van der Waals surface area contributed by atoms with Gasteiger partial charge in [0.05, 0.1) is 6.10 Å². The number of hydrogen-bond acceptors (Lipinski definition) is 1. The lowest BCUT2D eigenvalue weighted by Crippen LogP contribution is -2.54. The summed E-state index contributed by atoms with van der Waals surface area (Å²) < 4.78 is 0. The third kappa shape index (κ3) is 0.783. The molecule has 4 aliphatic carbocycles. The van der Waals surface area contributed by atoms with Crippen molar-refractivity contribution in [2.45, 2.75) is 45.1 Å². The van der Waals surface area contributed by atoms with Crippen molar-refractivity contribution >= 4 is 0 Å². The van der Waals surface area contributed by atoms with Crippen LogP contribution in [0.4, 0.5) is 0 Å². The van der Waals surface area contributed by atoms with Crippen LogP contribution in [0, 0.1) is 23.2 Å². The Morgan fingerprint density at radius 3 is 2.17 bits per heavy atom. The Kier molecular flexibility index (Phi) is 1.27. The molecule has 3 atom stereocenters. The molecule has 0 aliphatic heterocycles. The van der Waals surface area contributed by atoms with E-state index in [1.165, 1.54) is 32.1 Å². The van der Waals surface area contributed by atoms with Gasteiger partial charge in [0.15, 0.2) is 0 Å². The van der Waals surface area contributed by atoms with Crippen LogP contribution in [0.25, 0.3) is 0 Å². The molecule has 0 aromatic heterocycles. The molecule has 4 saturated carbocycles. The summed E-state index contributed by atoms with van der Waals surface area (Å²) in [7, 11) is 0. The molecule has 0 amide bonds. The molecule has 1 heteroatoms. The average molecular weight is 166 g/mol. The monoisotopic (exact) mass is 166 g/mol. The minimum Gasteiger partial charge on any atom is -0.392 e. The van der Waals surface area contributed by atoms with Gasteiger partial charge in [-0.2, -0.15) is 0 Å². The number of aliphatic hydroxyl groups is 1. The van der Waals surface area contributed by atoms with Crippen molar-refractivity contribution in [3.63, 3.8) is 0 Å². The van der Waals surface area contributed by atoms with Crippen molar-refractivity contribution in [1.29, 1.82) is 0 Å². The molecule has 1 nitrogen and oxygen atoms in total. The zero-order valence-electron chi connectivity index (χ0n) is 7.79. The third-order valence-corrected chi connectivity index (χ3v) is 4.61. The molecule has 12 heavy (non-hydrogen) atoms. The maximum atomic E-state index is 10.1. The van der Waals surface area contributed by atoms with Crippen LogP contribution in [-0.4, -0.2) is 11.2 Å². The highest BCUT2D eigenvalue weighted by atomic mass is 16.3. The van der Waals surface area contributed by atoms with E-state index in [0.29, 0.717) is 11.3 Å². The van der Waals surface area contributed by atoms with E-state index in [0.717, 1.165) is 11.8 Å². The first kappa shape index (κ1) is 7.37. The molecule has 0 aromatic rings. The SMILES string of the molecule is CC12CC3CC(CC(C3)C1O)C2. The second-order valence-corrected chi connectivity index (χ2v) is 5.71. The Labute approximate surface area is 74.2 Å². The lowest BCUT2D eigenvalue weighted by atomic mass is 9.49. The summed E-state index contributed by atoms with van der Waals surface area (Å²) in [4.78, 5) is 0. The normalized spacial score (nSPS) is 62.5. The Balaban J connectivity index is 1.97. The van der Waals surface area contributed by atoms with E-state index in [9.17, 15) is 5.11 Å². The van der Waals surface area contributed by atoms with Gasteiger partial charge in [-0.05, 0) is 55.3 Å². The Morgan fingerprint density at radius 2 is 1.67 bits per heavy atom. The Hall–Kier alpha value is -0.0400. The van der Waals surface area contributed by atoms with Gasteiger partial charge in [-0.15, -0.1) is 0 Å². The summed E-state index contributed by atoms with van der Waals surface area (Å²) in [6.45, 7) is 2.31. The topological polar surface area (TPSA) is 20.2 Å². The minimum atomic E-state index is 0.0327. The van der Waals surface area contributed by atoms with Crippen LogP contribution < -0.4 is 0 Å². The van der Waals surface area contributed by atoms with Crippen LogP contribution in [0.1, 0.15) is 39.0 Å². The molecule has 4 fully saturated rings. The van der Waals surface area contributed by atoms with Crippen LogP contribution in [0.5, 0.6) is 0 Å². The van der Waals surface area contributed by atoms with Gasteiger partial charge in [-0.1, -0.05) is 6.92 Å². The second-order valence-electron chi connectivity index (χ2n) is 5.71. The summed E-state index contributed by atoms with van der Waals surface area (Å²) in [6, 6.07) is 0. The molecule has 68 valence electrons. The highest BCUT2D eigenvalue weighted by Crippen LogP contribution is 2.59. The highest BCUT2D eigenvalue weighted by molar-refractivity contribution is 5.04. The van der Waals surface area contributed by atoms with E-state index < -0.39 is 0 Å². The van der Waals surface area contributed by atoms with Crippen molar-refractivity contribution in [3.05, 3.63) is 0 Å². The summed E-state index contributed by atoms with van der Waals surface area (Å²) >= 11 is 0. The fourth-order valence-corrected chi connectivity index (χ4v) is 4.42. The fraction of sp³-hybridized carbons (Fsp3) is 1.00. The predicted octanol–water partition coefficient (Wildman–Crippen LogP) is 2.19. The van der Waals surface area contributed by atoms with Gasteiger partial charge in [0.1, 0.15) is 0 Å². The largest absolute Gasteiger partial charge is 0.392 e. The molecular weight excluding hydrogens is 148 g/mol. The standard InChI is InChI=1S/C11H18O/c1-11-5-7-2-8(6-11)4-9(3-7)10(11)12/h7-10,12H,2-6H2,1H3. The van der Waals surface area contributed by atoms with Crippen molar-refractivity contribution in [1.82, 2.24) is 0 Å². The van der Waals surface area contributed by atoms with Crippen LogP contribution in [0.15, 0.2) is 0 Å². The molecule has 1 N–H and O–H groups in total. The van der Waals surface area contributed by atoms with E-state index in [2.05, 4.69) is 6.92 Å². The Morgan fingerprint density at radius 1 is 1.08 bits per heavy atom. The van der Waals surface area contributed by atoms with Gasteiger partial charge in [0.2, 0.25) is 0 Å². The number of aliphatic hydroxyl groups excluding tert-OH is 1. The van der Waals surface area contributed by atoms with Crippen LogP contribution in [-0.2, 0) is 0 Å². The zero-order valence-corrected chi connectivity index (χ0v) is 7.79. The quantitative estimate of drug-likeness (QED) is 0.585. The van der Waals surface area contributed by atoms with Gasteiger partial charge in [0, 0.05) is 0 Å². The van der Waals surface area contributed by atoms with E-state index in [1.54, 1.807) is 0 Å². The highest BCUT2D eigenvalue weighted by Gasteiger charge is 2.53. The smallest absolute Gasteiger partial charge is 0.0622 e. The molecule has 0 saturated heterocycles. The molecule has 0 spiro atoms. The number of rotatable bonds is 0. The lowest BCUT2D eigenvalue weighted by molar-refractivity contribution is -0.145. The van der Waals surface area contributed by atoms with Gasteiger partial charge >= 0.3 is 0 Å². The molecule has 4 aliphatic rings. The molecule has 0 radical (unpaired) electrons. The van der Waals surface area contributed by atoms with Crippen molar-refractivity contribution in [2.24, 2.45) is 23.2 Å². The molecule has 4 rings (SSSR count). The predicted molar refractivity (Wildman–Crippen MR) is 47.7 cm³/mol. The maximum absolute atomic E-state index is 10.1. The summed E-state index contributed by atoms with van der Waals surface area (Å²) in [6.07, 6.45) is 6.77. The zero-order chi connectivity index (χ0) is 8.34. The third-order valence-electron chi connectivity index (χ3n) is 4.61. The molecular formula is C11H18O. The van der Waals surface area contributed by atoms with Gasteiger partial charge < -0.3 is 5.11 Å². The second kappa shape index (κ2) is 2.06. The Bertz CT molecular complexity index is 197. The van der Waals surface area contributed by atoms with Crippen molar-refractivity contribution in [2.75, 3.05) is 0 Å². The first-order valence-electron chi connectivity index (χ1n) is 5.35. The summed E-state index contributed by atoms with van der Waals surface area (Å²) in [5, 5.41) is 10.1. The van der Waals surface area contributed by atoms with E-state index >= 15 is 0 Å². The van der Waals surface area contributed by atoms with Gasteiger partial charge in [-0.25, -0.2) is 0 Å². The minimum absolute atomic E-state index is 0.0327. The fourth-order valence-electron chi connectivity index (χ4n) is 4.42. The van der Waals surface area contributed by atoms with Gasteiger partial charge in [-0.3, -0.25) is 0 Å². The number of hydrogen-bond donors (Lipinski definition) is 1. The van der Waals surface area contributed by atoms with E-state index in [4.69, 9.17) is 0 Å². The molecule has 0 heterocycles. The first-order valence-corrected chi connectivity index (χ1v) is 5.35. The molecule has 4 bridgehead atoms. The maximum Gasteiger partial charge on any atom is 0.0622 e. The van der Waals surface area contributed by atoms with E-state index in [-0.39, 0.29) is 6.10 Å². The van der Waals surface area contributed by atoms with Crippen molar-refractivity contribution in [3.8, 4) is 0 Å². The summed E-state index contributed by atoms with van der Waals surface area (Å²) in [5.74, 6) is 2.60. The lowest BCUT2D eigenvalue weighted by Gasteiger charge is -2.58. The average Bonchev–Trinajstić information content (AvgIpc) is 1.98.